The van der Waals surface area contributed by atoms with Gasteiger partial charge < -0.3 is 9.47 Å². The molecule has 1 aromatic heterocycles. The molecule has 0 saturated carbocycles. The van der Waals surface area contributed by atoms with Crippen LogP contribution in [0.3, 0.4) is 0 Å². The van der Waals surface area contributed by atoms with Crippen molar-refractivity contribution in [2.75, 3.05) is 20.3 Å². The van der Waals surface area contributed by atoms with Gasteiger partial charge in [0.05, 0.1) is 26.9 Å². The normalized spacial score (nSPS) is 27.1. The van der Waals surface area contributed by atoms with Gasteiger partial charge >= 0.3 is 6.09 Å². The molecule has 1 amide bonds. The van der Waals surface area contributed by atoms with Gasteiger partial charge in [0.2, 0.25) is 16.0 Å². The zero-order valence-electron chi connectivity index (χ0n) is 15.1. The molecule has 150 valence electrons. The Labute approximate surface area is 175 Å². The second-order valence-corrected chi connectivity index (χ2v) is 12.2. The topological polar surface area (TPSA) is 97.3 Å². The van der Waals surface area contributed by atoms with Gasteiger partial charge in [-0.2, -0.15) is 0 Å². The number of aliphatic imine (C=N–C) groups is 1. The van der Waals surface area contributed by atoms with Crippen molar-refractivity contribution in [2.24, 2.45) is 4.99 Å². The van der Waals surface area contributed by atoms with E-state index in [1.807, 2.05) is 0 Å². The number of ether oxygens (including phenoxy) is 2. The third kappa shape index (κ3) is 3.71. The van der Waals surface area contributed by atoms with E-state index in [-0.39, 0.29) is 19.2 Å². The molecule has 0 bridgehead atoms. The van der Waals surface area contributed by atoms with Crippen LogP contribution < -0.4 is 5.32 Å². The van der Waals surface area contributed by atoms with Gasteiger partial charge in [-0.1, -0.05) is 11.6 Å². The van der Waals surface area contributed by atoms with E-state index in [1.54, 1.807) is 26.8 Å². The highest BCUT2D eigenvalue weighted by Gasteiger charge is 2.59. The second kappa shape index (κ2) is 6.87. The van der Waals surface area contributed by atoms with Gasteiger partial charge in [0.1, 0.15) is 16.4 Å². The van der Waals surface area contributed by atoms with Crippen molar-refractivity contribution in [3.05, 3.63) is 19.8 Å². The van der Waals surface area contributed by atoms with E-state index in [0.717, 1.165) is 8.09 Å². The van der Waals surface area contributed by atoms with Gasteiger partial charge in [-0.15, -0.1) is 11.3 Å². The van der Waals surface area contributed by atoms with Crippen molar-refractivity contribution in [1.82, 2.24) is 9.62 Å². The minimum Gasteiger partial charge on any atom is -0.444 e. The molecule has 27 heavy (non-hydrogen) atoms. The fourth-order valence-electron chi connectivity index (χ4n) is 2.96. The summed E-state index contributed by atoms with van der Waals surface area (Å²) in [6.45, 7) is 5.15. The maximum Gasteiger partial charge on any atom is 0.414 e. The molecule has 0 aliphatic carbocycles. The largest absolute Gasteiger partial charge is 0.444 e. The Kier molecular flexibility index (Phi) is 5.30. The number of amides is 1. The molecule has 0 aromatic carbocycles. The summed E-state index contributed by atoms with van der Waals surface area (Å²) < 4.78 is 38.6. The van der Waals surface area contributed by atoms with Crippen LogP contribution in [0, 0.1) is 0 Å². The number of halogens is 2. The van der Waals surface area contributed by atoms with Gasteiger partial charge in [-0.25, -0.2) is 22.5 Å². The first-order valence-electron chi connectivity index (χ1n) is 7.97. The molecule has 1 unspecified atom stereocenters. The Morgan fingerprint density at radius 1 is 1.56 bits per heavy atom. The van der Waals surface area contributed by atoms with Crippen LogP contribution in [0.2, 0.25) is 5.02 Å². The lowest BCUT2D eigenvalue weighted by atomic mass is 9.96. The van der Waals surface area contributed by atoms with Crippen molar-refractivity contribution in [3.63, 3.8) is 0 Å². The van der Waals surface area contributed by atoms with E-state index >= 15 is 0 Å². The van der Waals surface area contributed by atoms with Crippen LogP contribution in [0.25, 0.3) is 0 Å². The summed E-state index contributed by atoms with van der Waals surface area (Å²) in [5, 5.41) is 1.89. The third-order valence-corrected chi connectivity index (χ3v) is 8.53. The molecule has 1 fully saturated rings. The molecule has 3 heterocycles. The quantitative estimate of drug-likeness (QED) is 0.639. The predicted octanol–water partition coefficient (Wildman–Crippen LogP) is 2.91. The fraction of sp³-hybridized carbons (Fsp3) is 0.600. The second-order valence-electron chi connectivity index (χ2n) is 7.23. The molecular weight excluding hydrogens is 482 g/mol. The first-order chi connectivity index (χ1) is 12.4. The van der Waals surface area contributed by atoms with E-state index in [1.165, 1.54) is 18.4 Å². The van der Waals surface area contributed by atoms with E-state index in [0.29, 0.717) is 9.90 Å². The highest BCUT2D eigenvalue weighted by Crippen LogP contribution is 2.49. The number of hydrogen-bond donors (Lipinski definition) is 1. The number of sulfonamides is 1. The van der Waals surface area contributed by atoms with E-state index < -0.39 is 32.5 Å². The van der Waals surface area contributed by atoms with E-state index in [2.05, 4.69) is 26.2 Å². The summed E-state index contributed by atoms with van der Waals surface area (Å²) in [7, 11) is -2.52. The molecule has 2 atom stereocenters. The number of carbonyl (C=O) groups excluding carboxylic acids is 1. The Morgan fingerprint density at radius 2 is 2.22 bits per heavy atom. The van der Waals surface area contributed by atoms with Crippen LogP contribution in [0.4, 0.5) is 4.79 Å². The summed E-state index contributed by atoms with van der Waals surface area (Å²) in [6, 6.07) is 1.69. The molecular formula is C15H19BrClN3O5S2. The van der Waals surface area contributed by atoms with Crippen LogP contribution >= 0.6 is 38.9 Å². The molecule has 2 aliphatic heterocycles. The average molecular weight is 501 g/mol. The number of fused-ring (bicyclic) bond motifs is 1. The lowest BCUT2D eigenvalue weighted by Crippen LogP contribution is -2.58. The minimum atomic E-state index is -3.85. The zero-order chi connectivity index (χ0) is 20.2. The highest BCUT2D eigenvalue weighted by molar-refractivity contribution is 9.11. The summed E-state index contributed by atoms with van der Waals surface area (Å²) >= 11 is 11.0. The molecule has 2 aliphatic rings. The smallest absolute Gasteiger partial charge is 0.414 e. The molecule has 1 aromatic rings. The third-order valence-electron chi connectivity index (χ3n) is 4.13. The van der Waals surface area contributed by atoms with Crippen molar-refractivity contribution < 1.29 is 22.7 Å². The number of hydrogen-bond acceptors (Lipinski definition) is 7. The standard InChI is InChI=1S/C15H19BrClN3O5S2/c1-14(2,3)25-13(21)18-12-19-15(11-8(17)5-10(16)26-11)7-24-6-9(15)27(22,23)20(12)4/h5,9H,6-7H2,1-4H3,(H,18,19,21)/t9?,15-/m0/s1. The van der Waals surface area contributed by atoms with Gasteiger partial charge in [0.15, 0.2) is 0 Å². The zero-order valence-corrected chi connectivity index (χ0v) is 19.1. The summed E-state index contributed by atoms with van der Waals surface area (Å²) in [4.78, 5) is 17.4. The molecule has 1 N–H and O–H groups in total. The highest BCUT2D eigenvalue weighted by atomic mass is 79.9. The SMILES string of the molecule is CN1C(NC(=O)OC(C)(C)C)=N[C@@]2(c3sc(Br)cc3Cl)COCC2S1(=O)=O. The Balaban J connectivity index is 2.09. The van der Waals surface area contributed by atoms with Crippen LogP contribution in [0.15, 0.2) is 14.8 Å². The van der Waals surface area contributed by atoms with Crippen molar-refractivity contribution >= 4 is 60.9 Å². The summed E-state index contributed by atoms with van der Waals surface area (Å²) in [5.74, 6) is -0.133. The van der Waals surface area contributed by atoms with Gasteiger partial charge in [-0.3, -0.25) is 5.32 Å². The van der Waals surface area contributed by atoms with E-state index in [9.17, 15) is 13.2 Å². The minimum absolute atomic E-state index is 0.0122. The van der Waals surface area contributed by atoms with Crippen LogP contribution in [0.1, 0.15) is 25.6 Å². The number of guanidine groups is 1. The average Bonchev–Trinajstić information content (AvgIpc) is 3.07. The van der Waals surface area contributed by atoms with Crippen molar-refractivity contribution in [1.29, 1.82) is 0 Å². The number of rotatable bonds is 1. The lowest BCUT2D eigenvalue weighted by molar-refractivity contribution is 0.0558. The molecule has 0 spiro atoms. The molecule has 0 radical (unpaired) electrons. The van der Waals surface area contributed by atoms with E-state index in [4.69, 9.17) is 21.1 Å². The van der Waals surface area contributed by atoms with Crippen molar-refractivity contribution in [2.45, 2.75) is 37.2 Å². The summed E-state index contributed by atoms with van der Waals surface area (Å²) in [5.41, 5.74) is -1.97. The monoisotopic (exact) mass is 499 g/mol. The maximum absolute atomic E-state index is 13.1. The molecule has 3 rings (SSSR count). The number of nitrogens with zero attached hydrogens (tertiary/aromatic N) is 2. The predicted molar refractivity (Wildman–Crippen MR) is 107 cm³/mol. The van der Waals surface area contributed by atoms with Crippen molar-refractivity contribution in [3.8, 4) is 0 Å². The first kappa shape index (κ1) is 20.8. The lowest BCUT2D eigenvalue weighted by Gasteiger charge is -2.38. The van der Waals surface area contributed by atoms with Gasteiger partial charge in [0.25, 0.3) is 0 Å². The number of alkyl carbamates (subject to hydrolysis) is 1. The van der Waals surface area contributed by atoms with Crippen LogP contribution in [0.5, 0.6) is 0 Å². The van der Waals surface area contributed by atoms with Crippen LogP contribution in [-0.4, -0.2) is 55.9 Å². The molecule has 12 heteroatoms. The first-order valence-corrected chi connectivity index (χ1v) is 11.5. The molecule has 1 saturated heterocycles. The molecule has 8 nitrogen and oxygen atoms in total. The Hall–Kier alpha value is -0.880. The number of carbonyl (C=O) groups is 1. The summed E-state index contributed by atoms with van der Waals surface area (Å²) in [6.07, 6.45) is -0.797. The van der Waals surface area contributed by atoms with Gasteiger partial charge in [-0.05, 0) is 42.8 Å². The van der Waals surface area contributed by atoms with Crippen LogP contribution in [-0.2, 0) is 25.0 Å². The van der Waals surface area contributed by atoms with Gasteiger partial charge in [0, 0.05) is 7.05 Å². The number of thiophene rings is 1. The Morgan fingerprint density at radius 3 is 2.78 bits per heavy atom. The maximum atomic E-state index is 13.1. The Bertz CT molecular complexity index is 911. The fourth-order valence-corrected chi connectivity index (χ4v) is 6.99. The number of nitrogens with one attached hydrogen (secondary N) is 1.